The van der Waals surface area contributed by atoms with Crippen molar-refractivity contribution in [3.63, 3.8) is 0 Å². The largest absolute Gasteiger partial charge is 0.488 e. The second-order valence-corrected chi connectivity index (χ2v) is 17.4. The van der Waals surface area contributed by atoms with Crippen LogP contribution < -0.4 is 4.74 Å². The van der Waals surface area contributed by atoms with Gasteiger partial charge in [-0.2, -0.15) is 0 Å². The lowest BCUT2D eigenvalue weighted by Crippen LogP contribution is -2.41. The molecule has 0 fully saturated rings. The lowest BCUT2D eigenvalue weighted by Gasteiger charge is -2.39. The molecule has 0 aliphatic carbocycles. The molecule has 0 N–H and O–H groups in total. The molecule has 0 bridgehead atoms. The Morgan fingerprint density at radius 2 is 1.64 bits per heavy atom. The monoisotopic (exact) mass is 612 g/mol. The average Bonchev–Trinajstić information content (AvgIpc) is 2.89. The molecule has 1 unspecified atom stereocenters. The maximum atomic E-state index is 13.7. The predicted octanol–water partition coefficient (Wildman–Crippen LogP) is 10.3. The van der Waals surface area contributed by atoms with Gasteiger partial charge in [-0.25, -0.2) is 4.39 Å². The summed E-state index contributed by atoms with van der Waals surface area (Å²) in [5.41, 5.74) is 2.66. The first-order valence-electron chi connectivity index (χ1n) is 13.8. The summed E-state index contributed by atoms with van der Waals surface area (Å²) in [4.78, 5) is 13.7. The Morgan fingerprint density at radius 1 is 0.974 bits per heavy atom. The van der Waals surface area contributed by atoms with Crippen molar-refractivity contribution >= 4 is 30.0 Å². The third-order valence-corrected chi connectivity index (χ3v) is 12.8. The zero-order chi connectivity index (χ0) is 28.6. The molecule has 0 amide bonds. The first kappa shape index (κ1) is 31.2. The van der Waals surface area contributed by atoms with Gasteiger partial charge in [0.25, 0.3) is 0 Å². The molecule has 6 heteroatoms. The highest BCUT2D eigenvalue weighted by atomic mass is 79.9. The number of Topliss-reactive ketones (excluding diaryl/α,β-unsaturated/α-hetero) is 1. The maximum absolute atomic E-state index is 13.7. The van der Waals surface area contributed by atoms with Gasteiger partial charge in [0.1, 0.15) is 18.2 Å². The Labute approximate surface area is 243 Å². The number of halogens is 2. The van der Waals surface area contributed by atoms with Crippen molar-refractivity contribution in [3.05, 3.63) is 99.8 Å². The molecule has 3 nitrogen and oxygen atoms in total. The first-order valence-corrected chi connectivity index (χ1v) is 17.5. The van der Waals surface area contributed by atoms with E-state index in [0.29, 0.717) is 17.9 Å². The van der Waals surface area contributed by atoms with Crippen molar-refractivity contribution in [2.45, 2.75) is 84.2 Å². The summed E-state index contributed by atoms with van der Waals surface area (Å²) in [7, 11) is -2.06. The molecule has 0 aromatic heterocycles. The number of ether oxygens (including phenoxy) is 1. The van der Waals surface area contributed by atoms with Crippen LogP contribution in [-0.4, -0.2) is 14.1 Å². The fourth-order valence-electron chi connectivity index (χ4n) is 4.35. The van der Waals surface area contributed by atoms with E-state index in [4.69, 9.17) is 9.16 Å². The van der Waals surface area contributed by atoms with Crippen LogP contribution >= 0.6 is 15.9 Å². The zero-order valence-corrected chi connectivity index (χ0v) is 26.7. The molecule has 0 spiro atoms. The van der Waals surface area contributed by atoms with E-state index in [1.54, 1.807) is 0 Å². The van der Waals surface area contributed by atoms with Crippen LogP contribution in [0.2, 0.25) is 18.1 Å². The van der Waals surface area contributed by atoms with Gasteiger partial charge in [-0.05, 0) is 85.3 Å². The van der Waals surface area contributed by atoms with Crippen LogP contribution in [0.25, 0.3) is 0 Å². The number of rotatable bonds is 13. The van der Waals surface area contributed by atoms with E-state index in [0.717, 1.165) is 41.3 Å². The number of benzene rings is 3. The van der Waals surface area contributed by atoms with E-state index in [9.17, 15) is 9.18 Å². The molecule has 0 heterocycles. The summed E-state index contributed by atoms with van der Waals surface area (Å²) in [5, 5.41) is 0.0605. The fourth-order valence-corrected chi connectivity index (χ4v) is 6.01. The minimum atomic E-state index is -2.06. The normalized spacial score (nSPS) is 13.6. The first-order chi connectivity index (χ1) is 18.4. The van der Waals surface area contributed by atoms with Gasteiger partial charge in [0, 0.05) is 10.4 Å². The molecule has 3 aromatic rings. The van der Waals surface area contributed by atoms with Crippen molar-refractivity contribution in [2.24, 2.45) is 5.92 Å². The summed E-state index contributed by atoms with van der Waals surface area (Å²) < 4.78 is 27.5. The molecule has 0 radical (unpaired) electrons. The van der Waals surface area contributed by atoms with Crippen LogP contribution in [0.4, 0.5) is 4.39 Å². The highest BCUT2D eigenvalue weighted by molar-refractivity contribution is 9.10. The van der Waals surface area contributed by atoms with Gasteiger partial charge in [0.05, 0.1) is 11.7 Å². The van der Waals surface area contributed by atoms with Crippen molar-refractivity contribution < 1.29 is 18.3 Å². The van der Waals surface area contributed by atoms with Crippen molar-refractivity contribution in [1.82, 2.24) is 0 Å². The number of hydrogen-bond donors (Lipinski definition) is 0. The molecule has 0 saturated heterocycles. The lowest BCUT2D eigenvalue weighted by atomic mass is 9.89. The summed E-state index contributed by atoms with van der Waals surface area (Å²) in [6, 6.07) is 22.2. The topological polar surface area (TPSA) is 35.5 Å². The summed E-state index contributed by atoms with van der Waals surface area (Å²) >= 11 is 3.52. The standard InChI is InChI=1S/C33H42BrFO3Si/c1-7-25(32(36)29-21-18-27(34)22-31(29)37-23-24-12-9-8-10-13-24)14-11-15-30(26-16-19-28(35)20-17-26)38-39(5,6)33(2,3)4/h8-10,12-13,16-22,25,30H,7,11,14-15,23H2,1-6H3/t25?,30-/m1/s1. The van der Waals surface area contributed by atoms with Crippen LogP contribution in [0.3, 0.4) is 0 Å². The second kappa shape index (κ2) is 13.9. The Morgan fingerprint density at radius 3 is 2.26 bits per heavy atom. The molecule has 0 aliphatic rings. The van der Waals surface area contributed by atoms with Gasteiger partial charge in [0.15, 0.2) is 14.1 Å². The molecular weight excluding hydrogens is 571 g/mol. The van der Waals surface area contributed by atoms with Crippen LogP contribution in [0.1, 0.15) is 81.0 Å². The quantitative estimate of drug-likeness (QED) is 0.142. The van der Waals surface area contributed by atoms with E-state index >= 15 is 0 Å². The number of hydrogen-bond acceptors (Lipinski definition) is 3. The average molecular weight is 614 g/mol. The third-order valence-electron chi connectivity index (χ3n) is 7.81. The Bertz CT molecular complexity index is 1210. The van der Waals surface area contributed by atoms with Crippen LogP contribution in [0, 0.1) is 11.7 Å². The molecule has 39 heavy (non-hydrogen) atoms. The highest BCUT2D eigenvalue weighted by Crippen LogP contribution is 2.41. The van der Waals surface area contributed by atoms with E-state index in [2.05, 4.69) is 56.7 Å². The molecule has 3 rings (SSSR count). The van der Waals surface area contributed by atoms with E-state index < -0.39 is 8.32 Å². The van der Waals surface area contributed by atoms with Crippen LogP contribution in [-0.2, 0) is 11.0 Å². The number of carbonyl (C=O) groups is 1. The Balaban J connectivity index is 1.72. The van der Waals surface area contributed by atoms with Gasteiger partial charge in [0.2, 0.25) is 0 Å². The van der Waals surface area contributed by atoms with Gasteiger partial charge in [-0.15, -0.1) is 0 Å². The number of carbonyl (C=O) groups excluding carboxylic acids is 1. The van der Waals surface area contributed by atoms with Crippen molar-refractivity contribution in [1.29, 1.82) is 0 Å². The van der Waals surface area contributed by atoms with E-state index in [1.165, 1.54) is 12.1 Å². The Hall–Kier alpha value is -2.28. The number of ketones is 1. The van der Waals surface area contributed by atoms with Crippen molar-refractivity contribution in [3.8, 4) is 5.75 Å². The summed E-state index contributed by atoms with van der Waals surface area (Å²) in [6.07, 6.45) is 2.98. The molecule has 3 aromatic carbocycles. The minimum Gasteiger partial charge on any atom is -0.488 e. The van der Waals surface area contributed by atoms with Gasteiger partial charge >= 0.3 is 0 Å². The molecule has 0 saturated carbocycles. The summed E-state index contributed by atoms with van der Waals surface area (Å²) in [6.45, 7) is 13.6. The summed E-state index contributed by atoms with van der Waals surface area (Å²) in [5.74, 6) is 0.340. The second-order valence-electron chi connectivity index (χ2n) is 11.7. The third kappa shape index (κ3) is 8.85. The molecule has 210 valence electrons. The minimum absolute atomic E-state index is 0.0605. The van der Waals surface area contributed by atoms with Crippen LogP contribution in [0.15, 0.2) is 77.3 Å². The maximum Gasteiger partial charge on any atom is 0.192 e. The van der Waals surface area contributed by atoms with E-state index in [-0.39, 0.29) is 28.7 Å². The molecule has 2 atom stereocenters. The van der Waals surface area contributed by atoms with Gasteiger partial charge in [-0.1, -0.05) is 86.1 Å². The van der Waals surface area contributed by atoms with Gasteiger partial charge < -0.3 is 9.16 Å². The van der Waals surface area contributed by atoms with Gasteiger partial charge in [-0.3, -0.25) is 4.79 Å². The molecule has 0 aliphatic heterocycles. The fraction of sp³-hybridized carbons (Fsp3) is 0.424. The Kier molecular flexibility index (Phi) is 11.1. The highest BCUT2D eigenvalue weighted by Gasteiger charge is 2.39. The van der Waals surface area contributed by atoms with Crippen LogP contribution in [0.5, 0.6) is 5.75 Å². The lowest BCUT2D eigenvalue weighted by molar-refractivity contribution is 0.0897. The van der Waals surface area contributed by atoms with Crippen molar-refractivity contribution in [2.75, 3.05) is 0 Å². The predicted molar refractivity (Wildman–Crippen MR) is 164 cm³/mol. The SMILES string of the molecule is CCC(CCC[C@@H](O[Si](C)(C)C(C)(C)C)c1ccc(F)cc1)C(=O)c1ccc(Br)cc1OCc1ccccc1. The zero-order valence-electron chi connectivity index (χ0n) is 24.1. The van der Waals surface area contributed by atoms with E-state index in [1.807, 2.05) is 60.7 Å². The molecular formula is C33H42BrFO3Si. The smallest absolute Gasteiger partial charge is 0.192 e.